The summed E-state index contributed by atoms with van der Waals surface area (Å²) in [6.45, 7) is 2.90. The number of rotatable bonds is 8. The fourth-order valence-corrected chi connectivity index (χ4v) is 5.54. The minimum absolute atomic E-state index is 0.0189. The molecule has 2 aromatic carbocycles. The van der Waals surface area contributed by atoms with Gasteiger partial charge in [0.25, 0.3) is 5.95 Å². The zero-order valence-electron chi connectivity index (χ0n) is 22.0. The number of anilines is 1. The first-order valence-electron chi connectivity index (χ1n) is 13.0. The van der Waals surface area contributed by atoms with E-state index in [1.165, 1.54) is 6.07 Å². The number of halogens is 2. The number of aromatic amines is 1. The lowest BCUT2D eigenvalue weighted by molar-refractivity contribution is -0.119. The molecule has 2 atom stereocenters. The van der Waals surface area contributed by atoms with E-state index in [-0.39, 0.29) is 30.5 Å². The number of aromatic nitrogens is 8. The van der Waals surface area contributed by atoms with Crippen molar-refractivity contribution in [3.8, 4) is 16.9 Å². The summed E-state index contributed by atoms with van der Waals surface area (Å²) in [6.07, 6.45) is 4.05. The molecule has 3 aromatic heterocycles. The van der Waals surface area contributed by atoms with E-state index in [0.717, 1.165) is 34.3 Å². The molecular formula is C28H27F2N9O. The van der Waals surface area contributed by atoms with Crippen molar-refractivity contribution in [2.45, 2.75) is 25.7 Å². The molecule has 0 aliphatic carbocycles. The van der Waals surface area contributed by atoms with Crippen LogP contribution in [0, 0.1) is 24.5 Å². The first kappa shape index (κ1) is 25.5. The average molecular weight is 544 g/mol. The van der Waals surface area contributed by atoms with E-state index >= 15 is 0 Å². The lowest BCUT2D eigenvalue weighted by Gasteiger charge is -2.18. The standard InChI is InChI=1S/C28H27F2N9O/c1-17-26(39(21-6-4-3-5-7-21)34-27(17)20-13-31-37(2)14-20)12-22(40)10-19-15-38(28-32-35-36-33-28)16-23(19)18-8-9-24(29)25(30)11-18/h3-9,11,13-14,19,23H,10,12,15-16H2,1-2H3,(H,32,33,35,36)/t19-,23+/m1/s1. The molecule has 1 aliphatic rings. The highest BCUT2D eigenvalue weighted by molar-refractivity contribution is 5.82. The van der Waals surface area contributed by atoms with Crippen LogP contribution < -0.4 is 4.90 Å². The van der Waals surface area contributed by atoms with Gasteiger partial charge in [-0.3, -0.25) is 9.48 Å². The predicted octanol–water partition coefficient (Wildman–Crippen LogP) is 3.79. The van der Waals surface area contributed by atoms with Gasteiger partial charge in [-0.2, -0.15) is 15.4 Å². The van der Waals surface area contributed by atoms with E-state index in [1.807, 2.05) is 60.1 Å². The molecular weight excluding hydrogens is 516 g/mol. The number of ketones is 1. The van der Waals surface area contributed by atoms with Gasteiger partial charge in [-0.15, -0.1) is 5.10 Å². The van der Waals surface area contributed by atoms with Gasteiger partial charge in [0.2, 0.25) is 0 Å². The van der Waals surface area contributed by atoms with Crippen molar-refractivity contribution < 1.29 is 13.6 Å². The van der Waals surface area contributed by atoms with Crippen LogP contribution in [-0.4, -0.2) is 59.1 Å². The Balaban J connectivity index is 1.30. The number of hydrogen-bond acceptors (Lipinski definition) is 7. The molecule has 10 nitrogen and oxygen atoms in total. The highest BCUT2D eigenvalue weighted by Crippen LogP contribution is 2.37. The number of hydrogen-bond donors (Lipinski definition) is 1. The third-order valence-corrected chi connectivity index (χ3v) is 7.51. The van der Waals surface area contributed by atoms with Crippen LogP contribution in [0.25, 0.3) is 16.9 Å². The van der Waals surface area contributed by atoms with Crippen LogP contribution in [0.2, 0.25) is 0 Å². The molecule has 5 aromatic rings. The average Bonchev–Trinajstić information content (AvgIpc) is 3.75. The lowest BCUT2D eigenvalue weighted by atomic mass is 9.85. The number of nitrogens with one attached hydrogen (secondary N) is 1. The highest BCUT2D eigenvalue weighted by Gasteiger charge is 2.37. The Labute approximate surface area is 228 Å². The van der Waals surface area contributed by atoms with Gasteiger partial charge >= 0.3 is 0 Å². The molecule has 0 radical (unpaired) electrons. The maximum absolute atomic E-state index is 14.2. The fourth-order valence-electron chi connectivity index (χ4n) is 5.54. The molecule has 0 saturated carbocycles. The van der Waals surface area contributed by atoms with Gasteiger partial charge in [0.1, 0.15) is 5.78 Å². The number of para-hydroxylation sites is 1. The number of benzene rings is 2. The summed E-state index contributed by atoms with van der Waals surface area (Å²) < 4.78 is 31.4. The van der Waals surface area contributed by atoms with Crippen LogP contribution in [0.3, 0.4) is 0 Å². The summed E-state index contributed by atoms with van der Waals surface area (Å²) in [5.41, 5.74) is 4.82. The summed E-state index contributed by atoms with van der Waals surface area (Å²) in [7, 11) is 1.85. The van der Waals surface area contributed by atoms with E-state index in [0.29, 0.717) is 24.6 Å². The van der Waals surface area contributed by atoms with Crippen molar-refractivity contribution >= 4 is 11.7 Å². The lowest BCUT2D eigenvalue weighted by Crippen LogP contribution is -2.22. The number of carbonyl (C=O) groups is 1. The van der Waals surface area contributed by atoms with Crippen LogP contribution in [-0.2, 0) is 18.3 Å². The Morgan fingerprint density at radius 2 is 1.93 bits per heavy atom. The number of aryl methyl sites for hydroxylation is 1. The quantitative estimate of drug-likeness (QED) is 0.317. The summed E-state index contributed by atoms with van der Waals surface area (Å²) in [5, 5.41) is 23.4. The molecule has 0 amide bonds. The second-order valence-electron chi connectivity index (χ2n) is 10.1. The molecule has 1 fully saturated rings. The number of H-pyrrole nitrogens is 1. The molecule has 40 heavy (non-hydrogen) atoms. The first-order valence-corrected chi connectivity index (χ1v) is 13.0. The van der Waals surface area contributed by atoms with Crippen molar-refractivity contribution in [2.24, 2.45) is 13.0 Å². The Hall–Kier alpha value is -4.74. The van der Waals surface area contributed by atoms with E-state index < -0.39 is 11.6 Å². The smallest absolute Gasteiger partial charge is 0.265 e. The molecule has 6 rings (SSSR count). The summed E-state index contributed by atoms with van der Waals surface area (Å²) in [6, 6.07) is 13.6. The molecule has 12 heteroatoms. The molecule has 0 spiro atoms. The van der Waals surface area contributed by atoms with Crippen molar-refractivity contribution in [1.29, 1.82) is 0 Å². The topological polar surface area (TPSA) is 110 Å². The number of carbonyl (C=O) groups excluding carboxylic acids is 1. The fraction of sp³-hybridized carbons (Fsp3) is 0.286. The van der Waals surface area contributed by atoms with E-state index in [2.05, 4.69) is 25.7 Å². The molecule has 4 heterocycles. The molecule has 0 unspecified atom stereocenters. The largest absolute Gasteiger partial charge is 0.337 e. The van der Waals surface area contributed by atoms with Crippen LogP contribution in [0.5, 0.6) is 0 Å². The Morgan fingerprint density at radius 3 is 2.62 bits per heavy atom. The van der Waals surface area contributed by atoms with Gasteiger partial charge < -0.3 is 4.90 Å². The van der Waals surface area contributed by atoms with Gasteiger partial charge in [0.15, 0.2) is 11.6 Å². The Morgan fingerprint density at radius 1 is 1.10 bits per heavy atom. The van der Waals surface area contributed by atoms with Gasteiger partial charge in [-0.25, -0.2) is 13.5 Å². The van der Waals surface area contributed by atoms with Crippen LogP contribution in [0.1, 0.15) is 29.2 Å². The number of Topliss-reactive ketones (excluding diaryl/α,β-unsaturated/α-hetero) is 1. The van der Waals surface area contributed by atoms with E-state index in [9.17, 15) is 13.6 Å². The SMILES string of the molecule is Cc1c(-c2cnn(C)c2)nn(-c2ccccc2)c1CC(=O)C[C@@H]1CN(c2nn[nH]n2)C[C@H]1c1ccc(F)c(F)c1. The van der Waals surface area contributed by atoms with Crippen molar-refractivity contribution in [2.75, 3.05) is 18.0 Å². The van der Waals surface area contributed by atoms with Gasteiger partial charge in [-0.05, 0) is 53.4 Å². The molecule has 1 aliphatic heterocycles. The second kappa shape index (κ2) is 10.4. The minimum Gasteiger partial charge on any atom is -0.337 e. The molecule has 1 saturated heterocycles. The molecule has 204 valence electrons. The monoisotopic (exact) mass is 543 g/mol. The van der Waals surface area contributed by atoms with Crippen molar-refractivity contribution in [1.82, 2.24) is 40.2 Å². The van der Waals surface area contributed by atoms with Crippen molar-refractivity contribution in [3.05, 3.63) is 89.4 Å². The molecule has 0 bridgehead atoms. The summed E-state index contributed by atoms with van der Waals surface area (Å²) in [4.78, 5) is 15.6. The molecule has 1 N–H and O–H groups in total. The van der Waals surface area contributed by atoms with Gasteiger partial charge in [0, 0.05) is 50.7 Å². The van der Waals surface area contributed by atoms with E-state index in [4.69, 9.17) is 5.10 Å². The maximum Gasteiger partial charge on any atom is 0.265 e. The Kier molecular flexibility index (Phi) is 6.66. The number of nitrogens with zero attached hydrogens (tertiary/aromatic N) is 8. The van der Waals surface area contributed by atoms with Gasteiger partial charge in [-0.1, -0.05) is 29.4 Å². The van der Waals surface area contributed by atoms with Crippen LogP contribution in [0.4, 0.5) is 14.7 Å². The third kappa shape index (κ3) is 4.88. The zero-order valence-corrected chi connectivity index (χ0v) is 22.0. The van der Waals surface area contributed by atoms with Crippen LogP contribution in [0.15, 0.2) is 60.9 Å². The highest BCUT2D eigenvalue weighted by atomic mass is 19.2. The second-order valence-corrected chi connectivity index (χ2v) is 10.1. The predicted molar refractivity (Wildman–Crippen MR) is 143 cm³/mol. The third-order valence-electron chi connectivity index (χ3n) is 7.51. The normalized spacial score (nSPS) is 17.1. The van der Waals surface area contributed by atoms with Crippen molar-refractivity contribution in [3.63, 3.8) is 0 Å². The summed E-state index contributed by atoms with van der Waals surface area (Å²) >= 11 is 0. The van der Waals surface area contributed by atoms with Gasteiger partial charge in [0.05, 0.1) is 23.3 Å². The summed E-state index contributed by atoms with van der Waals surface area (Å²) in [5.74, 6) is -1.78. The minimum atomic E-state index is -0.911. The zero-order chi connectivity index (χ0) is 27.8. The first-order chi connectivity index (χ1) is 19.4. The maximum atomic E-state index is 14.2. The van der Waals surface area contributed by atoms with E-state index in [1.54, 1.807) is 16.9 Å². The van der Waals surface area contributed by atoms with Crippen LogP contribution >= 0.6 is 0 Å². The Bertz CT molecular complexity index is 1650. The number of tetrazole rings is 1.